The molecule has 1 aromatic rings. The molecule has 0 aromatic carbocycles. The summed E-state index contributed by atoms with van der Waals surface area (Å²) in [5.41, 5.74) is 5.34. The monoisotopic (exact) mass is 179 g/mol. The van der Waals surface area contributed by atoms with Gasteiger partial charge in [0.25, 0.3) is 0 Å². The van der Waals surface area contributed by atoms with Crippen LogP contribution in [0.5, 0.6) is 0 Å². The first-order valence-corrected chi connectivity index (χ1v) is 3.28. The Hall–Kier alpha value is -0.970. The summed E-state index contributed by atoms with van der Waals surface area (Å²) in [6.45, 7) is 1.52. The van der Waals surface area contributed by atoms with Gasteiger partial charge in [-0.15, -0.1) is 0 Å². The van der Waals surface area contributed by atoms with E-state index in [1.54, 1.807) is 0 Å². The maximum Gasteiger partial charge on any atom is 0.407 e. The number of hydrogen-bond acceptors (Lipinski definition) is 2. The molecule has 1 atom stereocenters. The summed E-state index contributed by atoms with van der Waals surface area (Å²) in [7, 11) is 0. The molecule has 0 fully saturated rings. The molecule has 0 saturated carbocycles. The smallest absolute Gasteiger partial charge is 0.407 e. The number of nitrogens with two attached hydrogens (primary N) is 1. The highest BCUT2D eigenvalue weighted by molar-refractivity contribution is 5.23. The molecule has 5 heteroatoms. The SMILES string of the molecule is Cc1cocc1C(N)C(F)(F)F. The van der Waals surface area contributed by atoms with Gasteiger partial charge in [0.05, 0.1) is 12.5 Å². The van der Waals surface area contributed by atoms with E-state index in [2.05, 4.69) is 4.42 Å². The van der Waals surface area contributed by atoms with Gasteiger partial charge in [-0.1, -0.05) is 0 Å². The molecule has 1 aromatic heterocycles. The highest BCUT2D eigenvalue weighted by atomic mass is 19.4. The highest BCUT2D eigenvalue weighted by Crippen LogP contribution is 2.32. The third-order valence-corrected chi connectivity index (χ3v) is 1.58. The summed E-state index contributed by atoms with van der Waals surface area (Å²) in [6.07, 6.45) is -2.15. The lowest BCUT2D eigenvalue weighted by atomic mass is 10.1. The Bertz CT molecular complexity index is 266. The van der Waals surface area contributed by atoms with Gasteiger partial charge in [-0.25, -0.2) is 0 Å². The van der Waals surface area contributed by atoms with Crippen molar-refractivity contribution >= 4 is 0 Å². The zero-order chi connectivity index (χ0) is 9.35. The van der Waals surface area contributed by atoms with E-state index in [1.165, 1.54) is 13.2 Å². The fourth-order valence-corrected chi connectivity index (χ4v) is 0.865. The van der Waals surface area contributed by atoms with E-state index in [0.717, 1.165) is 6.26 Å². The van der Waals surface area contributed by atoms with Gasteiger partial charge in [0.1, 0.15) is 6.04 Å². The van der Waals surface area contributed by atoms with Crippen molar-refractivity contribution in [1.82, 2.24) is 0 Å². The summed E-state index contributed by atoms with van der Waals surface area (Å²) in [6, 6.07) is -1.95. The van der Waals surface area contributed by atoms with Crippen LogP contribution in [0.15, 0.2) is 16.9 Å². The predicted octanol–water partition coefficient (Wildman–Crippen LogP) is 2.15. The Balaban J connectivity index is 2.92. The fraction of sp³-hybridized carbons (Fsp3) is 0.429. The van der Waals surface area contributed by atoms with E-state index in [1.807, 2.05) is 0 Å². The molecule has 2 nitrogen and oxygen atoms in total. The van der Waals surface area contributed by atoms with Gasteiger partial charge in [-0.3, -0.25) is 0 Å². The standard InChI is InChI=1S/C7H8F3NO/c1-4-2-12-3-5(4)6(11)7(8,9)10/h2-3,6H,11H2,1H3. The first-order chi connectivity index (χ1) is 5.43. The van der Waals surface area contributed by atoms with Crippen LogP contribution in [0.1, 0.15) is 17.2 Å². The van der Waals surface area contributed by atoms with Gasteiger partial charge >= 0.3 is 6.18 Å². The van der Waals surface area contributed by atoms with Crippen LogP contribution in [-0.2, 0) is 0 Å². The molecule has 1 rings (SSSR count). The van der Waals surface area contributed by atoms with Crippen LogP contribution in [0.4, 0.5) is 13.2 Å². The Morgan fingerprint density at radius 1 is 1.42 bits per heavy atom. The topological polar surface area (TPSA) is 39.2 Å². The average Bonchev–Trinajstić information content (AvgIpc) is 2.31. The predicted molar refractivity (Wildman–Crippen MR) is 36.4 cm³/mol. The molecule has 2 N–H and O–H groups in total. The average molecular weight is 179 g/mol. The molecule has 1 heterocycles. The number of furan rings is 1. The van der Waals surface area contributed by atoms with Gasteiger partial charge in [-0.05, 0) is 12.5 Å². The Morgan fingerprint density at radius 3 is 2.33 bits per heavy atom. The van der Waals surface area contributed by atoms with Crippen LogP contribution in [0.3, 0.4) is 0 Å². The van der Waals surface area contributed by atoms with E-state index < -0.39 is 12.2 Å². The van der Waals surface area contributed by atoms with Crippen LogP contribution < -0.4 is 5.73 Å². The fourth-order valence-electron chi connectivity index (χ4n) is 0.865. The second-order valence-corrected chi connectivity index (χ2v) is 2.53. The van der Waals surface area contributed by atoms with Crippen molar-refractivity contribution < 1.29 is 17.6 Å². The lowest BCUT2D eigenvalue weighted by Gasteiger charge is -2.14. The highest BCUT2D eigenvalue weighted by Gasteiger charge is 2.39. The van der Waals surface area contributed by atoms with Crippen molar-refractivity contribution in [2.24, 2.45) is 5.73 Å². The minimum absolute atomic E-state index is 0.0116. The molecule has 0 amide bonds. The molecular weight excluding hydrogens is 171 g/mol. The molecule has 68 valence electrons. The maximum absolute atomic E-state index is 12.0. The van der Waals surface area contributed by atoms with Crippen LogP contribution in [0, 0.1) is 6.92 Å². The van der Waals surface area contributed by atoms with Gasteiger partial charge in [0, 0.05) is 5.56 Å². The molecule has 0 aliphatic carbocycles. The number of alkyl halides is 3. The molecule has 0 bridgehead atoms. The number of hydrogen-bond donors (Lipinski definition) is 1. The minimum atomic E-state index is -4.41. The van der Waals surface area contributed by atoms with Crippen molar-refractivity contribution in [3.05, 3.63) is 23.7 Å². The molecule has 0 aliphatic rings. The summed E-state index contributed by atoms with van der Waals surface area (Å²) in [5, 5.41) is 0. The normalized spacial score (nSPS) is 14.8. The molecule has 0 radical (unpaired) electrons. The van der Waals surface area contributed by atoms with Crippen LogP contribution in [0.2, 0.25) is 0 Å². The Kier molecular flexibility index (Phi) is 2.14. The zero-order valence-electron chi connectivity index (χ0n) is 6.35. The first kappa shape index (κ1) is 9.12. The summed E-state index contributed by atoms with van der Waals surface area (Å²) < 4.78 is 40.7. The Labute approximate surface area is 67.2 Å². The largest absolute Gasteiger partial charge is 0.472 e. The number of halogens is 3. The molecule has 1 unspecified atom stereocenters. The summed E-state index contributed by atoms with van der Waals surface area (Å²) >= 11 is 0. The molecule has 0 spiro atoms. The van der Waals surface area contributed by atoms with Gasteiger partial charge in [0.15, 0.2) is 0 Å². The quantitative estimate of drug-likeness (QED) is 0.717. The van der Waals surface area contributed by atoms with Crippen molar-refractivity contribution in [2.75, 3.05) is 0 Å². The second-order valence-electron chi connectivity index (χ2n) is 2.53. The van der Waals surface area contributed by atoms with E-state index in [0.29, 0.717) is 5.56 Å². The van der Waals surface area contributed by atoms with Crippen molar-refractivity contribution in [3.8, 4) is 0 Å². The lowest BCUT2D eigenvalue weighted by molar-refractivity contribution is -0.149. The number of rotatable bonds is 1. The van der Waals surface area contributed by atoms with Crippen LogP contribution in [-0.4, -0.2) is 6.18 Å². The van der Waals surface area contributed by atoms with E-state index >= 15 is 0 Å². The van der Waals surface area contributed by atoms with Crippen LogP contribution in [0.25, 0.3) is 0 Å². The number of aryl methyl sites for hydroxylation is 1. The van der Waals surface area contributed by atoms with Crippen molar-refractivity contribution in [3.63, 3.8) is 0 Å². The van der Waals surface area contributed by atoms with E-state index in [9.17, 15) is 13.2 Å². The molecular formula is C7H8F3NO. The first-order valence-electron chi connectivity index (χ1n) is 3.28. The van der Waals surface area contributed by atoms with Gasteiger partial charge in [-0.2, -0.15) is 13.2 Å². The lowest BCUT2D eigenvalue weighted by Crippen LogP contribution is -2.28. The summed E-state index contributed by atoms with van der Waals surface area (Å²) in [5.74, 6) is 0. The maximum atomic E-state index is 12.0. The van der Waals surface area contributed by atoms with Crippen molar-refractivity contribution in [1.29, 1.82) is 0 Å². The van der Waals surface area contributed by atoms with Gasteiger partial charge in [0.2, 0.25) is 0 Å². The van der Waals surface area contributed by atoms with Crippen LogP contribution >= 0.6 is 0 Å². The van der Waals surface area contributed by atoms with E-state index in [4.69, 9.17) is 5.73 Å². The van der Waals surface area contributed by atoms with Gasteiger partial charge < -0.3 is 10.2 Å². The molecule has 12 heavy (non-hydrogen) atoms. The molecule has 0 saturated heterocycles. The third kappa shape index (κ3) is 1.61. The zero-order valence-corrected chi connectivity index (χ0v) is 6.35. The van der Waals surface area contributed by atoms with Crippen molar-refractivity contribution in [2.45, 2.75) is 19.1 Å². The minimum Gasteiger partial charge on any atom is -0.472 e. The molecule has 0 aliphatic heterocycles. The summed E-state index contributed by atoms with van der Waals surface area (Å²) in [4.78, 5) is 0. The second kappa shape index (κ2) is 2.82. The van der Waals surface area contributed by atoms with E-state index in [-0.39, 0.29) is 5.56 Å². The Morgan fingerprint density at radius 2 is 2.00 bits per heavy atom. The third-order valence-electron chi connectivity index (χ3n) is 1.58.